The summed E-state index contributed by atoms with van der Waals surface area (Å²) in [6.45, 7) is 26.8. The summed E-state index contributed by atoms with van der Waals surface area (Å²) in [6.07, 6.45) is 1.57. The molecular weight excluding hydrogens is 803 g/mol. The highest BCUT2D eigenvalue weighted by molar-refractivity contribution is 5.98. The van der Waals surface area contributed by atoms with Crippen molar-refractivity contribution in [1.29, 1.82) is 0 Å². The van der Waals surface area contributed by atoms with Crippen molar-refractivity contribution in [2.24, 2.45) is 0 Å². The number of rotatable bonds is 7. The van der Waals surface area contributed by atoms with Gasteiger partial charge in [-0.25, -0.2) is 4.98 Å². The first-order valence-electron chi connectivity index (χ1n) is 27.0. The monoisotopic (exact) mass is 880 g/mol. The van der Waals surface area contributed by atoms with Gasteiger partial charge in [-0.3, -0.25) is 9.55 Å². The molecular formula is C62H69N3O. The maximum Gasteiger partial charge on any atom is 0.149 e. The molecule has 1 N–H and O–H groups in total. The number of phenols is 1. The second-order valence-electron chi connectivity index (χ2n) is 22.2. The molecule has 4 heteroatoms. The Hall–Kier alpha value is -6.26. The van der Waals surface area contributed by atoms with Crippen LogP contribution in [0, 0.1) is 6.85 Å². The lowest BCUT2D eigenvalue weighted by Gasteiger charge is -2.27. The molecule has 0 bridgehead atoms. The molecule has 2 aromatic heterocycles. The number of benzene rings is 6. The Morgan fingerprint density at radius 2 is 1.23 bits per heavy atom. The number of nitrogens with zero attached hydrogens (tertiary/aromatic N) is 3. The molecule has 0 atom stereocenters. The Kier molecular flexibility index (Phi) is 9.43. The molecule has 2 heterocycles. The van der Waals surface area contributed by atoms with E-state index in [-0.39, 0.29) is 27.6 Å². The molecule has 6 aromatic carbocycles. The number of fused-ring (bicyclic) bond motifs is 1. The normalized spacial score (nSPS) is 14.8. The molecule has 0 saturated heterocycles. The van der Waals surface area contributed by atoms with E-state index in [9.17, 15) is 5.11 Å². The van der Waals surface area contributed by atoms with Crippen LogP contribution in [0.2, 0.25) is 0 Å². The fourth-order valence-corrected chi connectivity index (χ4v) is 8.55. The van der Waals surface area contributed by atoms with Gasteiger partial charge >= 0.3 is 0 Å². The van der Waals surface area contributed by atoms with E-state index in [0.29, 0.717) is 28.2 Å². The molecule has 0 saturated carbocycles. The zero-order valence-corrected chi connectivity index (χ0v) is 41.2. The molecule has 66 heavy (non-hydrogen) atoms. The lowest BCUT2D eigenvalue weighted by molar-refractivity contribution is 0.446. The van der Waals surface area contributed by atoms with Crippen molar-refractivity contribution in [2.75, 3.05) is 0 Å². The van der Waals surface area contributed by atoms with Gasteiger partial charge in [0.1, 0.15) is 11.6 Å². The Bertz CT molecular complexity index is 3470. The first-order chi connectivity index (χ1) is 34.1. The van der Waals surface area contributed by atoms with Crippen LogP contribution < -0.4 is 0 Å². The zero-order chi connectivity index (χ0) is 54.6. The Morgan fingerprint density at radius 1 is 0.576 bits per heavy atom. The van der Waals surface area contributed by atoms with E-state index in [4.69, 9.17) is 20.9 Å². The van der Waals surface area contributed by atoms with E-state index in [2.05, 4.69) is 160 Å². The summed E-state index contributed by atoms with van der Waals surface area (Å²) in [5.41, 5.74) is 11.3. The van der Waals surface area contributed by atoms with Crippen LogP contribution in [0.15, 0.2) is 133 Å². The van der Waals surface area contributed by atoms with Gasteiger partial charge < -0.3 is 5.11 Å². The van der Waals surface area contributed by atoms with Gasteiger partial charge in [-0.05, 0) is 127 Å². The number of hydrogen-bond donors (Lipinski definition) is 1. The van der Waals surface area contributed by atoms with Crippen LogP contribution in [0.1, 0.15) is 147 Å². The molecule has 4 nitrogen and oxygen atoms in total. The van der Waals surface area contributed by atoms with Crippen LogP contribution in [0.5, 0.6) is 5.75 Å². The van der Waals surface area contributed by atoms with Crippen molar-refractivity contribution in [1.82, 2.24) is 14.5 Å². The lowest BCUT2D eigenvalue weighted by atomic mass is 9.79. The number of hydrogen-bond acceptors (Lipinski definition) is 3. The smallest absolute Gasteiger partial charge is 0.149 e. The molecule has 0 aliphatic carbocycles. The van der Waals surface area contributed by atoms with Gasteiger partial charge in [0, 0.05) is 33.9 Å². The number of pyridine rings is 1. The largest absolute Gasteiger partial charge is 0.507 e. The van der Waals surface area contributed by atoms with E-state index in [0.717, 1.165) is 61.3 Å². The first kappa shape index (κ1) is 36.9. The van der Waals surface area contributed by atoms with Crippen LogP contribution in [0.4, 0.5) is 0 Å². The number of aromatic nitrogens is 3. The van der Waals surface area contributed by atoms with Gasteiger partial charge in [-0.2, -0.15) is 0 Å². The standard InChI is InChI=1S/C62H69N3O/c1-38(2)42-25-28-54(50(34-42)41-23-26-46(27-24-41)59(4,5)6)65-55-18-16-17-49(56(55)64-58(65)51-36-48(61(10,11)12)37-52(57(51)66)62(13,14)15)44-31-45(33-47(32-44)60(7,8)9)53-35-43(29-30-63-53)40-21-19-39(3)20-22-40/h16-38,66H,1-15H3/i3D3,19D,20D,21D,22D,38D. The minimum atomic E-state index is -2.83. The van der Waals surface area contributed by atoms with Gasteiger partial charge in [-0.15, -0.1) is 0 Å². The van der Waals surface area contributed by atoms with Crippen LogP contribution in [0.3, 0.4) is 0 Å². The van der Waals surface area contributed by atoms with Crippen molar-refractivity contribution < 1.29 is 16.1 Å². The summed E-state index contributed by atoms with van der Waals surface area (Å²) in [6, 6.07) is 32.8. The molecule has 8 aromatic rings. The first-order valence-corrected chi connectivity index (χ1v) is 23.0. The van der Waals surface area contributed by atoms with Crippen molar-refractivity contribution >= 4 is 11.0 Å². The summed E-state index contributed by atoms with van der Waals surface area (Å²) < 4.78 is 70.2. The number of phenolic OH excluding ortho intramolecular Hbond substituents is 1. The summed E-state index contributed by atoms with van der Waals surface area (Å²) in [4.78, 5) is 10.4. The van der Waals surface area contributed by atoms with E-state index in [1.807, 2.05) is 32.0 Å². The topological polar surface area (TPSA) is 50.9 Å². The average Bonchev–Trinajstić information content (AvgIpc) is 3.68. The van der Waals surface area contributed by atoms with Crippen molar-refractivity contribution in [3.8, 4) is 67.5 Å². The third kappa shape index (κ3) is 9.12. The minimum absolute atomic E-state index is 0.0103. The van der Waals surface area contributed by atoms with E-state index < -0.39 is 47.9 Å². The second kappa shape index (κ2) is 16.9. The average molecular weight is 880 g/mol. The molecule has 8 rings (SSSR count). The van der Waals surface area contributed by atoms with E-state index >= 15 is 0 Å². The van der Waals surface area contributed by atoms with Gasteiger partial charge in [0.2, 0.25) is 0 Å². The van der Waals surface area contributed by atoms with Crippen molar-refractivity contribution in [3.05, 3.63) is 167 Å². The maximum atomic E-state index is 12.6. The van der Waals surface area contributed by atoms with Gasteiger partial charge in [0.05, 0.1) is 33.5 Å². The van der Waals surface area contributed by atoms with Crippen LogP contribution >= 0.6 is 0 Å². The number of aromatic hydroxyl groups is 1. The SMILES string of the molecule is [2H]c1c([2H])c(C([2H])([2H])[2H])c([2H])c([2H])c1-c1ccnc(-c2cc(-c3cccc4c3nc(-c3cc(C(C)(C)C)cc(C(C)(C)C)c3O)n4-c3ccc(C([2H])(C)C)cc3-c3ccc(C(C)(C)C)cc3)cc(C(C)(C)C)c2)c1. The van der Waals surface area contributed by atoms with Gasteiger partial charge in [0.15, 0.2) is 0 Å². The van der Waals surface area contributed by atoms with E-state index in [1.54, 1.807) is 18.3 Å². The molecule has 0 spiro atoms. The molecule has 0 aliphatic rings. The summed E-state index contributed by atoms with van der Waals surface area (Å²) in [5, 5.41) is 12.6. The van der Waals surface area contributed by atoms with Crippen LogP contribution in [0.25, 0.3) is 72.7 Å². The highest BCUT2D eigenvalue weighted by Gasteiger charge is 2.30. The fourth-order valence-electron chi connectivity index (χ4n) is 8.55. The predicted molar refractivity (Wildman–Crippen MR) is 281 cm³/mol. The highest BCUT2D eigenvalue weighted by Crippen LogP contribution is 2.46. The second-order valence-corrected chi connectivity index (χ2v) is 22.2. The molecule has 0 radical (unpaired) electrons. The molecule has 0 amide bonds. The van der Waals surface area contributed by atoms with Crippen molar-refractivity contribution in [3.63, 3.8) is 0 Å². The summed E-state index contributed by atoms with van der Waals surface area (Å²) >= 11 is 0. The van der Waals surface area contributed by atoms with Gasteiger partial charge in [-0.1, -0.05) is 181 Å². The summed E-state index contributed by atoms with van der Waals surface area (Å²) in [5.74, 6) is -0.192. The highest BCUT2D eigenvalue weighted by atomic mass is 16.3. The van der Waals surface area contributed by atoms with Crippen molar-refractivity contribution in [2.45, 2.75) is 131 Å². The molecule has 338 valence electrons. The predicted octanol–water partition coefficient (Wildman–Crippen LogP) is 17.1. The third-order valence-electron chi connectivity index (χ3n) is 12.7. The Balaban J connectivity index is 1.45. The zero-order valence-electron chi connectivity index (χ0n) is 49.2. The summed E-state index contributed by atoms with van der Waals surface area (Å²) in [7, 11) is 0. The molecule has 0 aliphatic heterocycles. The Morgan fingerprint density at radius 3 is 1.85 bits per heavy atom. The van der Waals surface area contributed by atoms with Gasteiger partial charge in [0.25, 0.3) is 0 Å². The molecule has 0 unspecified atom stereocenters. The quantitative estimate of drug-likeness (QED) is 0.174. The number of imidazole rings is 1. The van der Waals surface area contributed by atoms with Crippen LogP contribution in [-0.4, -0.2) is 19.6 Å². The third-order valence-corrected chi connectivity index (χ3v) is 12.7. The molecule has 0 fully saturated rings. The van der Waals surface area contributed by atoms with Crippen LogP contribution in [-0.2, 0) is 21.7 Å². The maximum absolute atomic E-state index is 12.6. The number of para-hydroxylation sites is 1. The fraction of sp³-hybridized carbons (Fsp3) is 0.323. The minimum Gasteiger partial charge on any atom is -0.507 e. The lowest BCUT2D eigenvalue weighted by Crippen LogP contribution is -2.17. The Labute approximate surface area is 406 Å². The van der Waals surface area contributed by atoms with E-state index in [1.165, 1.54) is 5.56 Å².